The lowest BCUT2D eigenvalue weighted by atomic mass is 10.1. The molecule has 3 aromatic heterocycles. The summed E-state index contributed by atoms with van der Waals surface area (Å²) in [6.45, 7) is 1.45. The van der Waals surface area contributed by atoms with Crippen molar-refractivity contribution in [3.05, 3.63) is 58.2 Å². The molecule has 0 radical (unpaired) electrons. The summed E-state index contributed by atoms with van der Waals surface area (Å²) in [7, 11) is 0. The number of aryl methyl sites for hydroxylation is 1. The fraction of sp³-hybridized carbons (Fsp3) is 0.294. The molecule has 1 aliphatic rings. The first-order valence-corrected chi connectivity index (χ1v) is 8.44. The van der Waals surface area contributed by atoms with Gasteiger partial charge in [-0.1, -0.05) is 12.1 Å². The van der Waals surface area contributed by atoms with Gasteiger partial charge < -0.3 is 9.30 Å². The van der Waals surface area contributed by atoms with E-state index in [-0.39, 0.29) is 5.91 Å². The van der Waals surface area contributed by atoms with Gasteiger partial charge in [-0.15, -0.1) is 11.3 Å². The summed E-state index contributed by atoms with van der Waals surface area (Å²) in [5.41, 5.74) is 3.26. The van der Waals surface area contributed by atoms with Crippen molar-refractivity contribution in [2.24, 2.45) is 0 Å². The van der Waals surface area contributed by atoms with Crippen LogP contribution in [0.1, 0.15) is 22.7 Å². The first-order valence-electron chi connectivity index (χ1n) is 7.56. The topological polar surface area (TPSA) is 37.6 Å². The van der Waals surface area contributed by atoms with E-state index in [9.17, 15) is 4.79 Å². The quantitative estimate of drug-likeness (QED) is 0.746. The Morgan fingerprint density at radius 1 is 1.27 bits per heavy atom. The van der Waals surface area contributed by atoms with E-state index in [1.807, 2.05) is 35.4 Å². The van der Waals surface area contributed by atoms with Crippen molar-refractivity contribution in [3.8, 4) is 0 Å². The van der Waals surface area contributed by atoms with Crippen LogP contribution in [0.15, 0.2) is 41.9 Å². The molecule has 0 unspecified atom stereocenters. The summed E-state index contributed by atoms with van der Waals surface area (Å²) in [5, 5.41) is 2.06. The van der Waals surface area contributed by atoms with Crippen LogP contribution in [0.4, 0.5) is 0 Å². The molecule has 5 heteroatoms. The number of carbonyl (C=O) groups excluding carboxylic acids is 1. The largest absolute Gasteiger partial charge is 0.336 e. The average molecular weight is 311 g/mol. The van der Waals surface area contributed by atoms with Gasteiger partial charge >= 0.3 is 0 Å². The molecule has 0 fully saturated rings. The molecular weight excluding hydrogens is 294 g/mol. The average Bonchev–Trinajstić information content (AvgIpc) is 3.19. The van der Waals surface area contributed by atoms with Gasteiger partial charge in [0, 0.05) is 30.5 Å². The molecule has 1 aliphatic heterocycles. The number of fused-ring (bicyclic) bond motifs is 3. The van der Waals surface area contributed by atoms with Crippen LogP contribution < -0.4 is 0 Å². The number of pyridine rings is 1. The number of nitrogens with zero attached hydrogens (tertiary/aromatic N) is 3. The molecule has 3 aromatic rings. The summed E-state index contributed by atoms with van der Waals surface area (Å²) >= 11 is 1.72. The van der Waals surface area contributed by atoms with Crippen LogP contribution in [-0.2, 0) is 24.2 Å². The van der Waals surface area contributed by atoms with Crippen LogP contribution in [-0.4, -0.2) is 26.7 Å². The van der Waals surface area contributed by atoms with Gasteiger partial charge in [-0.25, -0.2) is 4.98 Å². The monoisotopic (exact) mass is 311 g/mol. The predicted molar refractivity (Wildman–Crippen MR) is 87.0 cm³/mol. The van der Waals surface area contributed by atoms with E-state index in [0.29, 0.717) is 13.0 Å². The molecule has 4 rings (SSSR count). The Morgan fingerprint density at radius 2 is 2.23 bits per heavy atom. The van der Waals surface area contributed by atoms with Gasteiger partial charge in [-0.2, -0.15) is 0 Å². The van der Waals surface area contributed by atoms with E-state index in [1.165, 1.54) is 4.88 Å². The van der Waals surface area contributed by atoms with E-state index in [2.05, 4.69) is 20.8 Å². The lowest BCUT2D eigenvalue weighted by molar-refractivity contribution is -0.132. The number of hydrogen-bond donors (Lipinski definition) is 0. The van der Waals surface area contributed by atoms with E-state index in [4.69, 9.17) is 0 Å². The standard InChI is InChI=1S/C17H17N3OS/c21-17(7-6-13-4-3-11-22-13)19-10-8-14-15(12-19)20-9-2-1-5-16(20)18-14/h1-5,9,11H,6-8,10,12H2. The second-order valence-electron chi connectivity index (χ2n) is 5.58. The Kier molecular flexibility index (Phi) is 3.42. The number of carbonyl (C=O) groups is 1. The molecule has 0 bridgehead atoms. The third-order valence-electron chi connectivity index (χ3n) is 4.19. The number of imidazole rings is 1. The Balaban J connectivity index is 1.50. The predicted octanol–water partition coefficient (Wildman–Crippen LogP) is 2.91. The SMILES string of the molecule is O=C(CCc1cccs1)N1CCc2nc3ccccn3c2C1. The number of rotatable bonds is 3. The second kappa shape index (κ2) is 5.57. The summed E-state index contributed by atoms with van der Waals surface area (Å²) in [6.07, 6.45) is 4.31. The van der Waals surface area contributed by atoms with Crippen LogP contribution in [0.25, 0.3) is 5.65 Å². The van der Waals surface area contributed by atoms with Crippen molar-refractivity contribution in [1.29, 1.82) is 0 Å². The smallest absolute Gasteiger partial charge is 0.223 e. The molecule has 0 atom stereocenters. The normalized spacial score (nSPS) is 14.3. The van der Waals surface area contributed by atoms with Crippen molar-refractivity contribution in [1.82, 2.24) is 14.3 Å². The molecule has 22 heavy (non-hydrogen) atoms. The van der Waals surface area contributed by atoms with Crippen LogP contribution in [0.2, 0.25) is 0 Å². The highest BCUT2D eigenvalue weighted by molar-refractivity contribution is 7.09. The minimum Gasteiger partial charge on any atom is -0.336 e. The molecule has 112 valence electrons. The van der Waals surface area contributed by atoms with Crippen molar-refractivity contribution < 1.29 is 4.79 Å². The lowest BCUT2D eigenvalue weighted by Crippen LogP contribution is -2.36. The fourth-order valence-corrected chi connectivity index (χ4v) is 3.73. The zero-order valence-corrected chi connectivity index (χ0v) is 13.1. The zero-order valence-electron chi connectivity index (χ0n) is 12.2. The van der Waals surface area contributed by atoms with Gasteiger partial charge in [0.25, 0.3) is 0 Å². The number of aromatic nitrogens is 2. The first kappa shape index (κ1) is 13.5. The minimum atomic E-state index is 0.241. The molecule has 0 saturated heterocycles. The number of amides is 1. The van der Waals surface area contributed by atoms with Gasteiger partial charge in [0.2, 0.25) is 5.91 Å². The van der Waals surface area contributed by atoms with E-state index >= 15 is 0 Å². The summed E-state index contributed by atoms with van der Waals surface area (Å²) < 4.78 is 2.11. The van der Waals surface area contributed by atoms with Crippen LogP contribution in [0, 0.1) is 0 Å². The molecule has 1 amide bonds. The molecule has 4 heterocycles. The summed E-state index contributed by atoms with van der Waals surface area (Å²) in [6, 6.07) is 10.2. The van der Waals surface area contributed by atoms with Gasteiger partial charge in [0.15, 0.2) is 0 Å². The van der Waals surface area contributed by atoms with Crippen LogP contribution >= 0.6 is 11.3 Å². The maximum absolute atomic E-state index is 12.5. The highest BCUT2D eigenvalue weighted by Crippen LogP contribution is 2.21. The third-order valence-corrected chi connectivity index (χ3v) is 5.13. The third kappa shape index (κ3) is 2.41. The molecule has 0 aliphatic carbocycles. The Morgan fingerprint density at radius 3 is 3.09 bits per heavy atom. The zero-order chi connectivity index (χ0) is 14.9. The molecule has 4 nitrogen and oxygen atoms in total. The van der Waals surface area contributed by atoms with E-state index in [0.717, 1.165) is 36.4 Å². The van der Waals surface area contributed by atoms with Crippen LogP contribution in [0.5, 0.6) is 0 Å². The molecule has 0 aromatic carbocycles. The molecule has 0 spiro atoms. The van der Waals surface area contributed by atoms with Crippen molar-refractivity contribution in [2.45, 2.75) is 25.8 Å². The maximum atomic E-state index is 12.5. The number of hydrogen-bond acceptors (Lipinski definition) is 3. The van der Waals surface area contributed by atoms with Crippen molar-refractivity contribution in [3.63, 3.8) is 0 Å². The van der Waals surface area contributed by atoms with E-state index < -0.39 is 0 Å². The van der Waals surface area contributed by atoms with Gasteiger partial charge in [0.1, 0.15) is 5.65 Å². The van der Waals surface area contributed by atoms with Crippen LogP contribution in [0.3, 0.4) is 0 Å². The number of thiophene rings is 1. The van der Waals surface area contributed by atoms with Crippen molar-refractivity contribution in [2.75, 3.05) is 6.54 Å². The molecular formula is C17H17N3OS. The summed E-state index contributed by atoms with van der Waals surface area (Å²) in [4.78, 5) is 20.4. The molecule has 0 N–H and O–H groups in total. The Hall–Kier alpha value is -2.14. The fourth-order valence-electron chi connectivity index (χ4n) is 3.02. The lowest BCUT2D eigenvalue weighted by Gasteiger charge is -2.26. The highest BCUT2D eigenvalue weighted by Gasteiger charge is 2.24. The second-order valence-corrected chi connectivity index (χ2v) is 6.61. The summed E-state index contributed by atoms with van der Waals surface area (Å²) in [5.74, 6) is 0.241. The van der Waals surface area contributed by atoms with Gasteiger partial charge in [-0.3, -0.25) is 4.79 Å². The Labute approximate surface area is 133 Å². The Bertz CT molecular complexity index is 807. The van der Waals surface area contributed by atoms with Crippen molar-refractivity contribution >= 4 is 22.9 Å². The van der Waals surface area contributed by atoms with Gasteiger partial charge in [0.05, 0.1) is 17.9 Å². The minimum absolute atomic E-state index is 0.241. The van der Waals surface area contributed by atoms with Gasteiger partial charge in [-0.05, 0) is 30.0 Å². The molecule has 0 saturated carbocycles. The first-order chi connectivity index (χ1) is 10.8. The van der Waals surface area contributed by atoms with E-state index in [1.54, 1.807) is 11.3 Å². The maximum Gasteiger partial charge on any atom is 0.223 e. The highest BCUT2D eigenvalue weighted by atomic mass is 32.1.